The first-order valence-corrected chi connectivity index (χ1v) is 8.65. The number of likely N-dealkylation sites (tertiary alicyclic amines) is 1. The summed E-state index contributed by atoms with van der Waals surface area (Å²) in [6, 6.07) is 11.1. The lowest BCUT2D eigenvalue weighted by molar-refractivity contribution is 0.203. The molecule has 23 heavy (non-hydrogen) atoms. The summed E-state index contributed by atoms with van der Waals surface area (Å²) in [5.74, 6) is 0.865. The minimum Gasteiger partial charge on any atom is -0.383 e. The number of guanidine groups is 1. The molecule has 1 aromatic rings. The second kappa shape index (κ2) is 10.2. The van der Waals surface area contributed by atoms with Gasteiger partial charge in [0.1, 0.15) is 0 Å². The molecule has 0 bridgehead atoms. The van der Waals surface area contributed by atoms with Crippen LogP contribution in [0, 0.1) is 0 Å². The molecule has 128 valence electrons. The monoisotopic (exact) mass is 318 g/mol. The van der Waals surface area contributed by atoms with E-state index >= 15 is 0 Å². The molecule has 1 aliphatic rings. The molecule has 0 amide bonds. The number of aliphatic imine (C=N–C) groups is 1. The smallest absolute Gasteiger partial charge is 0.191 e. The highest BCUT2D eigenvalue weighted by molar-refractivity contribution is 5.79. The fourth-order valence-corrected chi connectivity index (χ4v) is 2.95. The van der Waals surface area contributed by atoms with Gasteiger partial charge in [-0.3, -0.25) is 9.89 Å². The van der Waals surface area contributed by atoms with E-state index in [1.165, 1.54) is 31.5 Å². The molecule has 0 aromatic heterocycles. The fourth-order valence-electron chi connectivity index (χ4n) is 2.95. The molecule has 1 heterocycles. The van der Waals surface area contributed by atoms with E-state index in [9.17, 15) is 0 Å². The van der Waals surface area contributed by atoms with Crippen LogP contribution in [0.2, 0.25) is 0 Å². The van der Waals surface area contributed by atoms with Gasteiger partial charge >= 0.3 is 0 Å². The van der Waals surface area contributed by atoms with Crippen molar-refractivity contribution >= 4 is 5.96 Å². The molecule has 5 heteroatoms. The van der Waals surface area contributed by atoms with E-state index in [1.807, 2.05) is 0 Å². The van der Waals surface area contributed by atoms with Crippen molar-refractivity contribution in [3.05, 3.63) is 35.9 Å². The minimum atomic E-state index is 0.358. The van der Waals surface area contributed by atoms with Gasteiger partial charge in [0, 0.05) is 20.2 Å². The summed E-state index contributed by atoms with van der Waals surface area (Å²) >= 11 is 0. The van der Waals surface area contributed by atoms with Crippen LogP contribution in [0.4, 0.5) is 0 Å². The van der Waals surface area contributed by atoms with Crippen LogP contribution in [0.3, 0.4) is 0 Å². The van der Waals surface area contributed by atoms with Gasteiger partial charge in [-0.05, 0) is 38.4 Å². The highest BCUT2D eigenvalue weighted by Gasteiger charge is 2.23. The van der Waals surface area contributed by atoms with Gasteiger partial charge in [-0.25, -0.2) is 0 Å². The molecule has 1 aromatic carbocycles. The average Bonchev–Trinajstić information content (AvgIpc) is 3.10. The van der Waals surface area contributed by atoms with Crippen molar-refractivity contribution in [1.29, 1.82) is 0 Å². The number of hydrogen-bond donors (Lipinski definition) is 2. The number of nitrogens with zero attached hydrogens (tertiary/aromatic N) is 2. The Bertz CT molecular complexity index is 457. The Hall–Kier alpha value is -1.59. The predicted molar refractivity (Wildman–Crippen MR) is 95.8 cm³/mol. The summed E-state index contributed by atoms with van der Waals surface area (Å²) in [7, 11) is 1.71. The largest absolute Gasteiger partial charge is 0.383 e. The van der Waals surface area contributed by atoms with Crippen molar-refractivity contribution in [3.63, 3.8) is 0 Å². The number of benzene rings is 1. The molecular weight excluding hydrogens is 288 g/mol. The SMILES string of the molecule is CCNC(=NCC(c1ccccc1)N1CCCC1)NCCOC. The van der Waals surface area contributed by atoms with Crippen LogP contribution in [0.1, 0.15) is 31.4 Å². The number of hydrogen-bond acceptors (Lipinski definition) is 3. The highest BCUT2D eigenvalue weighted by atomic mass is 16.5. The number of methoxy groups -OCH3 is 1. The Balaban J connectivity index is 2.04. The minimum absolute atomic E-state index is 0.358. The lowest BCUT2D eigenvalue weighted by atomic mass is 10.1. The van der Waals surface area contributed by atoms with Crippen molar-refractivity contribution in [2.45, 2.75) is 25.8 Å². The lowest BCUT2D eigenvalue weighted by Crippen LogP contribution is -2.39. The van der Waals surface area contributed by atoms with E-state index in [1.54, 1.807) is 7.11 Å². The van der Waals surface area contributed by atoms with Crippen molar-refractivity contribution < 1.29 is 4.74 Å². The number of ether oxygens (including phenoxy) is 1. The van der Waals surface area contributed by atoms with E-state index in [0.29, 0.717) is 12.6 Å². The molecular formula is C18H30N4O. The van der Waals surface area contributed by atoms with E-state index in [0.717, 1.165) is 25.6 Å². The van der Waals surface area contributed by atoms with Crippen LogP contribution in [0.25, 0.3) is 0 Å². The quantitative estimate of drug-likeness (QED) is 0.437. The summed E-state index contributed by atoms with van der Waals surface area (Å²) in [4.78, 5) is 7.36. The van der Waals surface area contributed by atoms with E-state index < -0.39 is 0 Å². The maximum atomic E-state index is 5.09. The van der Waals surface area contributed by atoms with Crippen LogP contribution in [-0.2, 0) is 4.74 Å². The van der Waals surface area contributed by atoms with Crippen LogP contribution in [0.5, 0.6) is 0 Å². The highest BCUT2D eigenvalue weighted by Crippen LogP contribution is 2.25. The lowest BCUT2D eigenvalue weighted by Gasteiger charge is -2.27. The third-order valence-electron chi connectivity index (χ3n) is 4.13. The van der Waals surface area contributed by atoms with Gasteiger partial charge in [-0.2, -0.15) is 0 Å². The second-order valence-corrected chi connectivity index (χ2v) is 5.81. The molecule has 0 aliphatic carbocycles. The second-order valence-electron chi connectivity index (χ2n) is 5.81. The van der Waals surface area contributed by atoms with E-state index in [4.69, 9.17) is 9.73 Å². The van der Waals surface area contributed by atoms with Gasteiger partial charge in [0.25, 0.3) is 0 Å². The zero-order valence-corrected chi connectivity index (χ0v) is 14.4. The molecule has 1 fully saturated rings. The third kappa shape index (κ3) is 5.84. The molecule has 1 unspecified atom stereocenters. The Labute approximate surface area is 140 Å². The first-order valence-electron chi connectivity index (χ1n) is 8.65. The average molecular weight is 318 g/mol. The van der Waals surface area contributed by atoms with E-state index in [-0.39, 0.29) is 0 Å². The van der Waals surface area contributed by atoms with Crippen LogP contribution in [0.15, 0.2) is 35.3 Å². The molecule has 1 aliphatic heterocycles. The maximum Gasteiger partial charge on any atom is 0.191 e. The molecule has 0 spiro atoms. The van der Waals surface area contributed by atoms with Gasteiger partial charge in [-0.1, -0.05) is 30.3 Å². The van der Waals surface area contributed by atoms with Gasteiger partial charge in [0.2, 0.25) is 0 Å². The van der Waals surface area contributed by atoms with Crippen molar-refractivity contribution in [3.8, 4) is 0 Å². The topological polar surface area (TPSA) is 48.9 Å². The fraction of sp³-hybridized carbons (Fsp3) is 0.611. The summed E-state index contributed by atoms with van der Waals surface area (Å²) in [5.41, 5.74) is 1.35. The van der Waals surface area contributed by atoms with Gasteiger partial charge < -0.3 is 15.4 Å². The first kappa shape index (κ1) is 17.8. The van der Waals surface area contributed by atoms with Crippen LogP contribution in [-0.4, -0.2) is 57.3 Å². The molecule has 0 radical (unpaired) electrons. The molecule has 2 N–H and O–H groups in total. The summed E-state index contributed by atoms with van der Waals surface area (Å²) in [6.45, 7) is 7.50. The zero-order valence-electron chi connectivity index (χ0n) is 14.4. The van der Waals surface area contributed by atoms with Crippen molar-refractivity contribution in [1.82, 2.24) is 15.5 Å². The Morgan fingerprint density at radius 3 is 2.61 bits per heavy atom. The summed E-state index contributed by atoms with van der Waals surface area (Å²) in [5, 5.41) is 6.62. The molecule has 1 saturated heterocycles. The van der Waals surface area contributed by atoms with Crippen molar-refractivity contribution in [2.75, 3.05) is 46.4 Å². The standard InChI is InChI=1S/C18H30N4O/c1-3-19-18(20-11-14-23-2)21-15-17(22-12-7-8-13-22)16-9-5-4-6-10-16/h4-6,9-10,17H,3,7-8,11-15H2,1-2H3,(H2,19,20,21). The van der Waals surface area contributed by atoms with Gasteiger partial charge in [-0.15, -0.1) is 0 Å². The molecule has 1 atom stereocenters. The number of nitrogens with one attached hydrogen (secondary N) is 2. The molecule has 0 saturated carbocycles. The maximum absolute atomic E-state index is 5.09. The van der Waals surface area contributed by atoms with E-state index in [2.05, 4.69) is 52.8 Å². The van der Waals surface area contributed by atoms with Gasteiger partial charge in [0.05, 0.1) is 19.2 Å². The molecule has 2 rings (SSSR count). The van der Waals surface area contributed by atoms with Crippen LogP contribution < -0.4 is 10.6 Å². The van der Waals surface area contributed by atoms with Crippen molar-refractivity contribution in [2.24, 2.45) is 4.99 Å². The Kier molecular flexibility index (Phi) is 7.90. The van der Waals surface area contributed by atoms with Crippen LogP contribution >= 0.6 is 0 Å². The summed E-state index contributed by atoms with van der Waals surface area (Å²) < 4.78 is 5.09. The normalized spacial score (nSPS) is 17.2. The first-order chi connectivity index (χ1) is 11.3. The third-order valence-corrected chi connectivity index (χ3v) is 4.13. The Morgan fingerprint density at radius 1 is 1.22 bits per heavy atom. The Morgan fingerprint density at radius 2 is 1.96 bits per heavy atom. The molecule has 5 nitrogen and oxygen atoms in total. The summed E-state index contributed by atoms with van der Waals surface area (Å²) in [6.07, 6.45) is 2.58. The zero-order chi connectivity index (χ0) is 16.3. The van der Waals surface area contributed by atoms with Gasteiger partial charge in [0.15, 0.2) is 5.96 Å². The number of rotatable bonds is 8. The predicted octanol–water partition coefficient (Wildman–Crippen LogP) is 2.02.